The molecule has 19 heavy (non-hydrogen) atoms. The van der Waals surface area contributed by atoms with Gasteiger partial charge in [0.15, 0.2) is 16.6 Å². The third-order valence-corrected chi connectivity index (χ3v) is 11.0. The number of hydrogen-bond donors (Lipinski definition) is 0. The van der Waals surface area contributed by atoms with E-state index in [0.29, 0.717) is 0 Å². The van der Waals surface area contributed by atoms with Gasteiger partial charge in [-0.1, -0.05) is 19.6 Å². The molecule has 0 spiro atoms. The largest absolute Gasteiger partial charge is 0.406 e. The van der Waals surface area contributed by atoms with Crippen LogP contribution in [-0.2, 0) is 4.43 Å². The van der Waals surface area contributed by atoms with E-state index in [9.17, 15) is 0 Å². The molecule has 1 unspecified atom stereocenters. The minimum atomic E-state index is -1.59. The molecule has 0 N–H and O–H groups in total. The number of hydrogen-bond acceptors (Lipinski definition) is 3. The maximum Gasteiger partial charge on any atom is 0.185 e. The fraction of sp³-hybridized carbons (Fsp3) is 1.00. The van der Waals surface area contributed by atoms with Crippen molar-refractivity contribution in [2.24, 2.45) is 4.41 Å². The Morgan fingerprint density at radius 1 is 1.05 bits per heavy atom. The molecule has 0 radical (unpaired) electrons. The molecule has 1 atom stereocenters. The predicted octanol–water partition coefficient (Wildman–Crippen LogP) is 4.41. The standard InChI is InChI=1S/C13H35N2OPSi2/c1-13(12-15(2)3,16-19(9,10)11)17(4,5)14-18(6,7)8/h12H2,1-11H3. The fourth-order valence-electron chi connectivity index (χ4n) is 2.42. The zero-order valence-electron chi connectivity index (χ0n) is 15.0. The van der Waals surface area contributed by atoms with Crippen LogP contribution < -0.4 is 0 Å². The van der Waals surface area contributed by atoms with Crippen molar-refractivity contribution in [3.8, 4) is 0 Å². The summed E-state index contributed by atoms with van der Waals surface area (Å²) in [7, 11) is -0.254. The van der Waals surface area contributed by atoms with Crippen molar-refractivity contribution in [3.63, 3.8) is 0 Å². The van der Waals surface area contributed by atoms with E-state index in [0.717, 1.165) is 6.54 Å². The third kappa shape index (κ3) is 7.23. The van der Waals surface area contributed by atoms with E-state index in [1.807, 2.05) is 0 Å². The van der Waals surface area contributed by atoms with Crippen LogP contribution in [0.2, 0.25) is 39.3 Å². The lowest BCUT2D eigenvalue weighted by Crippen LogP contribution is -2.47. The first kappa shape index (κ1) is 19.6. The Labute approximate surface area is 123 Å². The smallest absolute Gasteiger partial charge is 0.185 e. The van der Waals surface area contributed by atoms with Crippen LogP contribution in [0.3, 0.4) is 0 Å². The van der Waals surface area contributed by atoms with Gasteiger partial charge in [-0.2, -0.15) is 0 Å². The molecule has 0 aromatic carbocycles. The van der Waals surface area contributed by atoms with Gasteiger partial charge in [0.1, 0.15) is 0 Å². The molecule has 0 heterocycles. The average Bonchev–Trinajstić information content (AvgIpc) is 1.91. The van der Waals surface area contributed by atoms with E-state index in [4.69, 9.17) is 8.84 Å². The van der Waals surface area contributed by atoms with Gasteiger partial charge in [-0.05, 0) is 61.0 Å². The normalized spacial score (nSPS) is 17.5. The van der Waals surface area contributed by atoms with Crippen LogP contribution >= 0.6 is 7.05 Å². The molecule has 0 aliphatic rings. The van der Waals surface area contributed by atoms with Gasteiger partial charge in [-0.3, -0.25) is 0 Å². The second kappa shape index (κ2) is 6.14. The van der Waals surface area contributed by atoms with Crippen LogP contribution in [0.15, 0.2) is 4.41 Å². The zero-order valence-corrected chi connectivity index (χ0v) is 17.9. The Hall–Kier alpha value is 0.584. The van der Waals surface area contributed by atoms with Gasteiger partial charge in [0.25, 0.3) is 0 Å². The first-order chi connectivity index (χ1) is 8.08. The van der Waals surface area contributed by atoms with Crippen molar-refractivity contribution >= 4 is 23.6 Å². The maximum atomic E-state index is 6.62. The van der Waals surface area contributed by atoms with Crippen LogP contribution in [0.4, 0.5) is 0 Å². The van der Waals surface area contributed by atoms with Crippen LogP contribution in [0.25, 0.3) is 0 Å². The van der Waals surface area contributed by atoms with Gasteiger partial charge in [0, 0.05) is 6.54 Å². The molecule has 6 heteroatoms. The number of nitrogens with zero attached hydrogens (tertiary/aromatic N) is 2. The molecular weight excluding hydrogens is 287 g/mol. The molecule has 0 aromatic rings. The Bertz CT molecular complexity index is 353. The predicted molar refractivity (Wildman–Crippen MR) is 95.9 cm³/mol. The molecule has 0 aliphatic carbocycles. The number of rotatable bonds is 6. The monoisotopic (exact) mass is 322 g/mol. The number of likely N-dealkylation sites (N-methyl/N-ethyl adjacent to an activating group) is 1. The van der Waals surface area contributed by atoms with Crippen LogP contribution in [0.5, 0.6) is 0 Å². The Balaban J connectivity index is 5.66. The summed E-state index contributed by atoms with van der Waals surface area (Å²) < 4.78 is 11.9. The molecule has 0 rings (SSSR count). The van der Waals surface area contributed by atoms with E-state index >= 15 is 0 Å². The summed E-state index contributed by atoms with van der Waals surface area (Å²) in [4.78, 5) is 2.24. The van der Waals surface area contributed by atoms with Crippen LogP contribution in [-0.4, -0.2) is 60.8 Å². The topological polar surface area (TPSA) is 24.8 Å². The second-order valence-electron chi connectivity index (χ2n) is 8.29. The summed E-state index contributed by atoms with van der Waals surface area (Å²) >= 11 is 0. The van der Waals surface area contributed by atoms with Gasteiger partial charge in [0.05, 0.1) is 5.34 Å². The van der Waals surface area contributed by atoms with Crippen LogP contribution in [0.1, 0.15) is 6.92 Å². The third-order valence-electron chi connectivity index (χ3n) is 2.84. The van der Waals surface area contributed by atoms with E-state index in [1.165, 1.54) is 0 Å². The van der Waals surface area contributed by atoms with E-state index < -0.39 is 23.6 Å². The lowest BCUT2D eigenvalue weighted by atomic mass is 10.4. The summed E-state index contributed by atoms with van der Waals surface area (Å²) in [5.41, 5.74) is 0. The molecular formula is C13H35N2OPSi2. The van der Waals surface area contributed by atoms with Crippen molar-refractivity contribution in [1.29, 1.82) is 0 Å². The molecule has 0 amide bonds. The molecule has 0 saturated heterocycles. The quantitative estimate of drug-likeness (QED) is 0.534. The molecule has 0 fully saturated rings. The average molecular weight is 323 g/mol. The summed E-state index contributed by atoms with van der Waals surface area (Å²) in [6.07, 6.45) is 0. The zero-order chi connectivity index (χ0) is 15.7. The summed E-state index contributed by atoms with van der Waals surface area (Å²) in [5.74, 6) is 0. The highest BCUT2D eigenvalue weighted by atomic mass is 31.2. The summed E-state index contributed by atoms with van der Waals surface area (Å²) in [6, 6.07) is 0. The molecule has 0 saturated carbocycles. The molecule has 3 nitrogen and oxygen atoms in total. The second-order valence-corrected chi connectivity index (χ2v) is 21.6. The molecule has 0 bridgehead atoms. The van der Waals surface area contributed by atoms with Gasteiger partial charge in [0.2, 0.25) is 0 Å². The maximum absolute atomic E-state index is 6.62. The Kier molecular flexibility index (Phi) is 6.33. The van der Waals surface area contributed by atoms with E-state index in [2.05, 4.69) is 78.5 Å². The summed E-state index contributed by atoms with van der Waals surface area (Å²) in [6.45, 7) is 21.7. The van der Waals surface area contributed by atoms with Crippen molar-refractivity contribution in [3.05, 3.63) is 0 Å². The van der Waals surface area contributed by atoms with E-state index in [1.54, 1.807) is 0 Å². The van der Waals surface area contributed by atoms with Crippen LogP contribution in [0, 0.1) is 0 Å². The Morgan fingerprint density at radius 2 is 1.47 bits per heavy atom. The highest BCUT2D eigenvalue weighted by Crippen LogP contribution is 2.57. The van der Waals surface area contributed by atoms with E-state index in [-0.39, 0.29) is 5.34 Å². The minimum absolute atomic E-state index is 0.124. The molecule has 0 aromatic heterocycles. The van der Waals surface area contributed by atoms with Gasteiger partial charge < -0.3 is 13.7 Å². The van der Waals surface area contributed by atoms with Gasteiger partial charge >= 0.3 is 0 Å². The molecule has 0 aliphatic heterocycles. The van der Waals surface area contributed by atoms with Crippen molar-refractivity contribution in [2.45, 2.75) is 51.5 Å². The highest BCUT2D eigenvalue weighted by molar-refractivity contribution is 7.67. The van der Waals surface area contributed by atoms with Crippen molar-refractivity contribution < 1.29 is 4.43 Å². The van der Waals surface area contributed by atoms with Gasteiger partial charge in [-0.25, -0.2) is 0 Å². The SMILES string of the molecule is CN(C)CC(C)(O[Si](C)(C)C)P(C)(C)=N[Si](C)(C)C. The molecule has 116 valence electrons. The first-order valence-electron chi connectivity index (χ1n) is 7.01. The lowest BCUT2D eigenvalue weighted by molar-refractivity contribution is 0.131. The highest BCUT2D eigenvalue weighted by Gasteiger charge is 2.40. The van der Waals surface area contributed by atoms with Crippen molar-refractivity contribution in [2.75, 3.05) is 34.0 Å². The van der Waals surface area contributed by atoms with Gasteiger partial charge in [-0.15, -0.1) is 0 Å². The first-order valence-corrected chi connectivity index (χ1v) is 16.5. The minimum Gasteiger partial charge on any atom is -0.406 e. The Morgan fingerprint density at radius 3 is 1.74 bits per heavy atom. The fourth-order valence-corrected chi connectivity index (χ4v) is 13.0. The van der Waals surface area contributed by atoms with Crippen molar-refractivity contribution in [1.82, 2.24) is 4.90 Å². The lowest BCUT2D eigenvalue weighted by Gasteiger charge is -2.45. The summed E-state index contributed by atoms with van der Waals surface area (Å²) in [5, 5.41) is -0.124.